The molecule has 4 nitrogen and oxygen atoms in total. The van der Waals surface area contributed by atoms with E-state index >= 15 is 0 Å². The predicted octanol–water partition coefficient (Wildman–Crippen LogP) is 4.28. The summed E-state index contributed by atoms with van der Waals surface area (Å²) in [7, 11) is 0. The lowest BCUT2D eigenvalue weighted by atomic mass is 9.86. The fourth-order valence-electron chi connectivity index (χ4n) is 2.96. The molecular weight excluding hydrogens is 342 g/mol. The lowest BCUT2D eigenvalue weighted by Gasteiger charge is -2.38. The maximum Gasteiger partial charge on any atom is 0.266 e. The summed E-state index contributed by atoms with van der Waals surface area (Å²) in [6, 6.07) is 19.7. The fourth-order valence-corrected chi connectivity index (χ4v) is 3.35. The van der Waals surface area contributed by atoms with Crippen molar-refractivity contribution in [2.24, 2.45) is 0 Å². The first-order chi connectivity index (χ1) is 12.3. The highest BCUT2D eigenvalue weighted by Gasteiger charge is 2.34. The number of anilines is 1. The molecule has 0 saturated heterocycles. The van der Waals surface area contributed by atoms with Crippen molar-refractivity contribution >= 4 is 24.2 Å². The molecule has 26 heavy (non-hydrogen) atoms. The highest BCUT2D eigenvalue weighted by Crippen LogP contribution is 2.36. The molecular formula is C21H21N3OS. The first-order valence-electron chi connectivity index (χ1n) is 8.42. The number of nitrogens with zero attached hydrogens (tertiary/aromatic N) is 2. The summed E-state index contributed by atoms with van der Waals surface area (Å²) >= 11 is 4.50. The molecule has 2 aromatic rings. The quantitative estimate of drug-likeness (QED) is 0.783. The van der Waals surface area contributed by atoms with Crippen molar-refractivity contribution in [1.82, 2.24) is 5.32 Å². The molecule has 3 rings (SSSR count). The van der Waals surface area contributed by atoms with E-state index in [4.69, 9.17) is 0 Å². The second-order valence-corrected chi connectivity index (χ2v) is 7.69. The summed E-state index contributed by atoms with van der Waals surface area (Å²) in [5, 5.41) is 12.6. The molecule has 1 heterocycles. The third kappa shape index (κ3) is 3.33. The van der Waals surface area contributed by atoms with Crippen molar-refractivity contribution in [2.75, 3.05) is 4.90 Å². The van der Waals surface area contributed by atoms with Crippen LogP contribution in [-0.2, 0) is 10.2 Å². The number of carbonyl (C=O) groups excluding carboxylic acids is 1. The smallest absolute Gasteiger partial charge is 0.266 e. The van der Waals surface area contributed by atoms with Crippen LogP contribution in [0, 0.1) is 11.3 Å². The van der Waals surface area contributed by atoms with Crippen LogP contribution in [0.5, 0.6) is 0 Å². The van der Waals surface area contributed by atoms with Crippen LogP contribution in [0.1, 0.15) is 38.1 Å². The van der Waals surface area contributed by atoms with Crippen LogP contribution >= 0.6 is 12.6 Å². The molecule has 2 aromatic carbocycles. The Morgan fingerprint density at radius 1 is 1.08 bits per heavy atom. The number of amides is 1. The number of hydrogen-bond acceptors (Lipinski definition) is 4. The first kappa shape index (κ1) is 18.1. The first-order valence-corrected chi connectivity index (χ1v) is 8.86. The molecule has 0 aliphatic carbocycles. The zero-order valence-corrected chi connectivity index (χ0v) is 15.9. The minimum atomic E-state index is -0.427. The lowest BCUT2D eigenvalue weighted by molar-refractivity contribution is -0.118. The summed E-state index contributed by atoms with van der Waals surface area (Å²) in [6.45, 7) is 6.48. The molecule has 0 spiro atoms. The minimum absolute atomic E-state index is 0.0137. The summed E-state index contributed by atoms with van der Waals surface area (Å²) < 4.78 is 0. The molecule has 0 saturated carbocycles. The van der Waals surface area contributed by atoms with Gasteiger partial charge in [-0.05, 0) is 28.7 Å². The summed E-state index contributed by atoms with van der Waals surface area (Å²) in [5.74, 6) is -0.408. The molecule has 1 amide bonds. The van der Waals surface area contributed by atoms with Crippen molar-refractivity contribution in [1.29, 1.82) is 5.26 Å². The average molecular weight is 363 g/mol. The Morgan fingerprint density at radius 3 is 2.23 bits per heavy atom. The molecule has 132 valence electrons. The predicted molar refractivity (Wildman–Crippen MR) is 107 cm³/mol. The van der Waals surface area contributed by atoms with E-state index in [2.05, 4.69) is 50.8 Å². The highest BCUT2D eigenvalue weighted by molar-refractivity contribution is 7.84. The second kappa shape index (κ2) is 6.89. The number of rotatable bonds is 2. The van der Waals surface area contributed by atoms with Gasteiger partial charge in [-0.2, -0.15) is 5.26 Å². The Kier molecular flexibility index (Phi) is 4.80. The molecule has 0 fully saturated rings. The van der Waals surface area contributed by atoms with E-state index in [9.17, 15) is 10.1 Å². The molecule has 0 bridgehead atoms. The number of hydrogen-bond donors (Lipinski definition) is 2. The third-order valence-electron chi connectivity index (χ3n) is 4.44. The number of para-hydroxylation sites is 1. The van der Waals surface area contributed by atoms with Gasteiger partial charge in [-0.15, -0.1) is 12.6 Å². The van der Waals surface area contributed by atoms with Crippen LogP contribution in [0.15, 0.2) is 65.2 Å². The Labute approximate surface area is 159 Å². The van der Waals surface area contributed by atoms with E-state index < -0.39 is 12.1 Å². The van der Waals surface area contributed by atoms with E-state index in [0.717, 1.165) is 11.3 Å². The number of nitrogens with one attached hydrogen (secondary N) is 1. The van der Waals surface area contributed by atoms with Crippen molar-refractivity contribution in [3.8, 4) is 6.07 Å². The van der Waals surface area contributed by atoms with E-state index in [0.29, 0.717) is 5.03 Å². The summed E-state index contributed by atoms with van der Waals surface area (Å²) in [4.78, 5) is 14.2. The van der Waals surface area contributed by atoms with Gasteiger partial charge >= 0.3 is 0 Å². The van der Waals surface area contributed by atoms with Gasteiger partial charge in [-0.3, -0.25) is 4.79 Å². The van der Waals surface area contributed by atoms with Gasteiger partial charge in [0.2, 0.25) is 0 Å². The maximum absolute atomic E-state index is 12.4. The van der Waals surface area contributed by atoms with Crippen molar-refractivity contribution in [2.45, 2.75) is 32.4 Å². The van der Waals surface area contributed by atoms with Crippen molar-refractivity contribution in [3.63, 3.8) is 0 Å². The van der Waals surface area contributed by atoms with Gasteiger partial charge < -0.3 is 10.2 Å². The molecule has 1 aliphatic heterocycles. The third-order valence-corrected chi connectivity index (χ3v) is 4.88. The van der Waals surface area contributed by atoms with E-state index in [-0.39, 0.29) is 11.0 Å². The SMILES string of the molecule is CC(C)(C)c1ccc(C2NC(=O)C(C#N)=C(S)N2c2ccccc2)cc1. The lowest BCUT2D eigenvalue weighted by Crippen LogP contribution is -2.46. The van der Waals surface area contributed by atoms with Crippen LogP contribution in [0.3, 0.4) is 0 Å². The van der Waals surface area contributed by atoms with E-state index in [1.165, 1.54) is 5.56 Å². The summed E-state index contributed by atoms with van der Waals surface area (Å²) in [5.41, 5.74) is 3.07. The Balaban J connectivity index is 2.09. The van der Waals surface area contributed by atoms with Gasteiger partial charge in [0, 0.05) is 5.69 Å². The molecule has 1 atom stereocenters. The van der Waals surface area contributed by atoms with Crippen LogP contribution < -0.4 is 10.2 Å². The second-order valence-electron chi connectivity index (χ2n) is 7.26. The maximum atomic E-state index is 12.4. The van der Waals surface area contributed by atoms with E-state index in [1.807, 2.05) is 53.4 Å². The molecule has 0 radical (unpaired) electrons. The number of carbonyl (C=O) groups is 1. The van der Waals surface area contributed by atoms with Crippen LogP contribution in [0.2, 0.25) is 0 Å². The summed E-state index contributed by atoms with van der Waals surface area (Å²) in [6.07, 6.45) is -0.427. The molecule has 5 heteroatoms. The minimum Gasteiger partial charge on any atom is -0.327 e. The Hall–Kier alpha value is -2.71. The highest BCUT2D eigenvalue weighted by atomic mass is 32.1. The van der Waals surface area contributed by atoms with Gasteiger partial charge in [0.1, 0.15) is 17.8 Å². The normalized spacial score (nSPS) is 17.7. The standard InChI is InChI=1S/C21H21N3OS/c1-21(2,3)15-11-9-14(10-12-15)18-23-19(25)17(13-22)20(26)24(18)16-7-5-4-6-8-16/h4-12,18,26H,1-3H3,(H,23,25). The number of nitriles is 1. The van der Waals surface area contributed by atoms with Crippen molar-refractivity contribution < 1.29 is 4.79 Å². The van der Waals surface area contributed by atoms with Gasteiger partial charge in [-0.1, -0.05) is 63.2 Å². The molecule has 1 aliphatic rings. The Morgan fingerprint density at radius 2 is 1.69 bits per heavy atom. The largest absolute Gasteiger partial charge is 0.327 e. The van der Waals surface area contributed by atoms with Crippen LogP contribution in [0.4, 0.5) is 5.69 Å². The zero-order valence-electron chi connectivity index (χ0n) is 15.0. The number of thiol groups is 1. The molecule has 1 unspecified atom stereocenters. The number of benzene rings is 2. The fraction of sp³-hybridized carbons (Fsp3) is 0.238. The molecule has 0 aromatic heterocycles. The van der Waals surface area contributed by atoms with Crippen molar-refractivity contribution in [3.05, 3.63) is 76.3 Å². The van der Waals surface area contributed by atoms with Crippen LogP contribution in [-0.4, -0.2) is 5.91 Å². The van der Waals surface area contributed by atoms with E-state index in [1.54, 1.807) is 0 Å². The van der Waals surface area contributed by atoms with Gasteiger partial charge in [0.15, 0.2) is 0 Å². The molecule has 1 N–H and O–H groups in total. The van der Waals surface area contributed by atoms with Crippen LogP contribution in [0.25, 0.3) is 0 Å². The monoisotopic (exact) mass is 363 g/mol. The van der Waals surface area contributed by atoms with Gasteiger partial charge in [-0.25, -0.2) is 0 Å². The average Bonchev–Trinajstić information content (AvgIpc) is 2.62. The topological polar surface area (TPSA) is 56.1 Å². The zero-order chi connectivity index (χ0) is 18.9. The van der Waals surface area contributed by atoms with Gasteiger partial charge in [0.05, 0.1) is 5.03 Å². The van der Waals surface area contributed by atoms with Gasteiger partial charge in [0.25, 0.3) is 5.91 Å². The Bertz CT molecular complexity index is 890.